The molecule has 1 aromatic carbocycles. The third-order valence-corrected chi connectivity index (χ3v) is 3.20. The van der Waals surface area contributed by atoms with E-state index in [1.165, 1.54) is 11.6 Å². The van der Waals surface area contributed by atoms with Crippen molar-refractivity contribution in [3.8, 4) is 0 Å². The summed E-state index contributed by atoms with van der Waals surface area (Å²) in [5, 5.41) is 3.26. The van der Waals surface area contributed by atoms with Crippen molar-refractivity contribution < 1.29 is 4.39 Å². The molecule has 0 atom stereocenters. The number of halogens is 2. The van der Waals surface area contributed by atoms with Crippen LogP contribution in [0.2, 0.25) is 0 Å². The van der Waals surface area contributed by atoms with E-state index in [9.17, 15) is 4.39 Å². The monoisotopic (exact) mass is 296 g/mol. The van der Waals surface area contributed by atoms with Crippen LogP contribution >= 0.6 is 15.9 Å². The van der Waals surface area contributed by atoms with Crippen LogP contribution in [0.3, 0.4) is 0 Å². The highest BCUT2D eigenvalue weighted by Crippen LogP contribution is 2.20. The number of hydrogen-bond acceptors (Lipinski definition) is 1. The number of anilines is 1. The van der Waals surface area contributed by atoms with E-state index >= 15 is 0 Å². The average Bonchev–Trinajstić information content (AvgIpc) is 2.79. The summed E-state index contributed by atoms with van der Waals surface area (Å²) in [4.78, 5) is 0. The van der Waals surface area contributed by atoms with Gasteiger partial charge in [0.2, 0.25) is 0 Å². The molecule has 0 aliphatic rings. The van der Waals surface area contributed by atoms with E-state index in [4.69, 9.17) is 0 Å². The van der Waals surface area contributed by atoms with Gasteiger partial charge in [-0.2, -0.15) is 0 Å². The Kier molecular flexibility index (Phi) is 3.84. The van der Waals surface area contributed by atoms with Crippen LogP contribution in [0.5, 0.6) is 0 Å². The lowest BCUT2D eigenvalue weighted by atomic mass is 10.3. The van der Waals surface area contributed by atoms with Crippen molar-refractivity contribution in [2.75, 3.05) is 5.32 Å². The molecule has 0 bridgehead atoms. The number of benzene rings is 1. The number of aromatic nitrogens is 1. The van der Waals surface area contributed by atoms with Crippen molar-refractivity contribution in [3.63, 3.8) is 0 Å². The van der Waals surface area contributed by atoms with Crippen LogP contribution in [0, 0.1) is 5.82 Å². The van der Waals surface area contributed by atoms with Gasteiger partial charge in [0, 0.05) is 31.2 Å². The van der Waals surface area contributed by atoms with Crippen LogP contribution in [-0.2, 0) is 13.1 Å². The Balaban J connectivity index is 1.99. The number of aryl methyl sites for hydroxylation is 1. The first-order valence-corrected chi connectivity index (χ1v) is 6.32. The maximum Gasteiger partial charge on any atom is 0.137 e. The van der Waals surface area contributed by atoms with Gasteiger partial charge in [0.15, 0.2) is 0 Å². The summed E-state index contributed by atoms with van der Waals surface area (Å²) in [6.45, 7) is 3.82. The molecule has 0 aliphatic carbocycles. The molecule has 2 rings (SSSR count). The third-order valence-electron chi connectivity index (χ3n) is 2.59. The van der Waals surface area contributed by atoms with E-state index in [2.05, 4.69) is 51.2 Å². The first-order valence-electron chi connectivity index (χ1n) is 5.52. The Bertz CT molecular complexity index is 508. The Hall–Kier alpha value is -1.29. The molecule has 0 spiro atoms. The topological polar surface area (TPSA) is 17.0 Å². The van der Waals surface area contributed by atoms with Crippen LogP contribution in [0.4, 0.5) is 10.1 Å². The largest absolute Gasteiger partial charge is 0.381 e. The number of nitrogens with one attached hydrogen (secondary N) is 1. The standard InChI is InChI=1S/C13H14BrFN2/c1-2-17-6-5-10(9-17)8-16-11-3-4-13(15)12(14)7-11/h3-7,9,16H,2,8H2,1H3. The van der Waals surface area contributed by atoms with Gasteiger partial charge in [-0.1, -0.05) is 0 Å². The predicted molar refractivity (Wildman–Crippen MR) is 71.5 cm³/mol. The fourth-order valence-corrected chi connectivity index (χ4v) is 1.98. The highest BCUT2D eigenvalue weighted by atomic mass is 79.9. The van der Waals surface area contributed by atoms with Gasteiger partial charge < -0.3 is 9.88 Å². The van der Waals surface area contributed by atoms with E-state index in [1.54, 1.807) is 12.1 Å². The third kappa shape index (κ3) is 3.09. The number of nitrogens with zero attached hydrogens (tertiary/aromatic N) is 1. The molecular formula is C13H14BrFN2. The minimum absolute atomic E-state index is 0.243. The van der Waals surface area contributed by atoms with Crippen LogP contribution in [0.1, 0.15) is 12.5 Å². The molecule has 0 fully saturated rings. The number of hydrogen-bond donors (Lipinski definition) is 1. The first kappa shape index (κ1) is 12.2. The molecule has 0 saturated carbocycles. The molecule has 1 aromatic heterocycles. The van der Waals surface area contributed by atoms with Crippen molar-refractivity contribution in [2.24, 2.45) is 0 Å². The van der Waals surface area contributed by atoms with E-state index in [1.807, 2.05) is 0 Å². The molecule has 0 saturated heterocycles. The van der Waals surface area contributed by atoms with Gasteiger partial charge in [0.1, 0.15) is 5.82 Å². The zero-order chi connectivity index (χ0) is 12.3. The minimum Gasteiger partial charge on any atom is -0.381 e. The molecular weight excluding hydrogens is 283 g/mol. The SMILES string of the molecule is CCn1ccc(CNc2ccc(F)c(Br)c2)c1. The van der Waals surface area contributed by atoms with Crippen LogP contribution in [0.15, 0.2) is 41.1 Å². The highest BCUT2D eigenvalue weighted by molar-refractivity contribution is 9.10. The zero-order valence-corrected chi connectivity index (χ0v) is 11.2. The second-order valence-electron chi connectivity index (χ2n) is 3.83. The highest BCUT2D eigenvalue weighted by Gasteiger charge is 2.01. The van der Waals surface area contributed by atoms with Gasteiger partial charge in [-0.05, 0) is 52.7 Å². The van der Waals surface area contributed by atoms with Gasteiger partial charge in [0.05, 0.1) is 4.47 Å². The Morgan fingerprint density at radius 1 is 1.35 bits per heavy atom. The molecule has 0 radical (unpaired) electrons. The van der Waals surface area contributed by atoms with Crippen molar-refractivity contribution in [2.45, 2.75) is 20.0 Å². The fourth-order valence-electron chi connectivity index (χ4n) is 1.60. The lowest BCUT2D eigenvalue weighted by Crippen LogP contribution is -1.99. The first-order chi connectivity index (χ1) is 8.19. The zero-order valence-electron chi connectivity index (χ0n) is 9.58. The fraction of sp³-hybridized carbons (Fsp3) is 0.231. The van der Waals surface area contributed by atoms with Crippen LogP contribution in [-0.4, -0.2) is 4.57 Å². The van der Waals surface area contributed by atoms with E-state index < -0.39 is 0 Å². The second-order valence-corrected chi connectivity index (χ2v) is 4.69. The van der Waals surface area contributed by atoms with Crippen LogP contribution in [0.25, 0.3) is 0 Å². The Morgan fingerprint density at radius 2 is 2.18 bits per heavy atom. The van der Waals surface area contributed by atoms with E-state index in [0.717, 1.165) is 18.8 Å². The summed E-state index contributed by atoms with van der Waals surface area (Å²) >= 11 is 3.17. The lowest BCUT2D eigenvalue weighted by molar-refractivity contribution is 0.621. The minimum atomic E-state index is -0.243. The quantitative estimate of drug-likeness (QED) is 0.902. The summed E-state index contributed by atoms with van der Waals surface area (Å²) in [5.74, 6) is -0.243. The second kappa shape index (κ2) is 5.36. The van der Waals surface area contributed by atoms with Crippen molar-refractivity contribution in [1.82, 2.24) is 4.57 Å². The van der Waals surface area contributed by atoms with Crippen molar-refractivity contribution in [1.29, 1.82) is 0 Å². The maximum atomic E-state index is 13.0. The van der Waals surface area contributed by atoms with Gasteiger partial charge in [-0.15, -0.1) is 0 Å². The van der Waals surface area contributed by atoms with Gasteiger partial charge in [0.25, 0.3) is 0 Å². The van der Waals surface area contributed by atoms with E-state index in [-0.39, 0.29) is 5.82 Å². The number of rotatable bonds is 4. The molecule has 0 amide bonds. The molecule has 0 aliphatic heterocycles. The summed E-state index contributed by atoms with van der Waals surface area (Å²) in [6.07, 6.45) is 4.16. The molecule has 0 unspecified atom stereocenters. The predicted octanol–water partition coefficient (Wildman–Crippen LogP) is 4.02. The van der Waals surface area contributed by atoms with Crippen molar-refractivity contribution in [3.05, 3.63) is 52.5 Å². The normalized spacial score (nSPS) is 10.5. The molecule has 17 heavy (non-hydrogen) atoms. The average molecular weight is 297 g/mol. The van der Waals surface area contributed by atoms with Gasteiger partial charge >= 0.3 is 0 Å². The lowest BCUT2D eigenvalue weighted by Gasteiger charge is -2.05. The molecule has 1 heterocycles. The molecule has 90 valence electrons. The Morgan fingerprint density at radius 3 is 2.82 bits per heavy atom. The van der Waals surface area contributed by atoms with E-state index in [0.29, 0.717) is 4.47 Å². The smallest absolute Gasteiger partial charge is 0.137 e. The molecule has 4 heteroatoms. The van der Waals surface area contributed by atoms with Crippen LogP contribution < -0.4 is 5.32 Å². The van der Waals surface area contributed by atoms with Crippen molar-refractivity contribution >= 4 is 21.6 Å². The van der Waals surface area contributed by atoms with Gasteiger partial charge in [-0.25, -0.2) is 4.39 Å². The maximum absolute atomic E-state index is 13.0. The molecule has 2 nitrogen and oxygen atoms in total. The summed E-state index contributed by atoms with van der Waals surface area (Å²) in [6, 6.07) is 7.00. The molecule has 1 N–H and O–H groups in total. The summed E-state index contributed by atoms with van der Waals surface area (Å²) < 4.78 is 15.6. The molecule has 2 aromatic rings. The summed E-state index contributed by atoms with van der Waals surface area (Å²) in [7, 11) is 0. The van der Waals surface area contributed by atoms with Gasteiger partial charge in [-0.3, -0.25) is 0 Å². The Labute approximate surface area is 109 Å². The summed E-state index contributed by atoms with van der Waals surface area (Å²) in [5.41, 5.74) is 2.12.